The molecule has 0 amide bonds. The number of hydrogen-bond donors (Lipinski definition) is 1. The number of phenolic OH excluding ortho intramolecular Hbond substituents is 1. The molecule has 96 valence electrons. The second-order valence-corrected chi connectivity index (χ2v) is 2.43. The third kappa shape index (κ3) is 6.62. The second kappa shape index (κ2) is 12.6. The fraction of sp³-hybridized carbons (Fsp3) is 0.375. The van der Waals surface area contributed by atoms with Crippen LogP contribution in [0.1, 0.15) is 42.9 Å². The minimum atomic E-state index is 0.0358. The average Bonchev–Trinajstić information content (AvgIpc) is 2.49. The zero-order valence-electron chi connectivity index (χ0n) is 12.9. The molecule has 1 N–H and O–H groups in total. The average molecular weight is 235 g/mol. The van der Waals surface area contributed by atoms with Crippen molar-refractivity contribution in [3.8, 4) is 5.75 Å². The van der Waals surface area contributed by atoms with Gasteiger partial charge in [0.1, 0.15) is 5.75 Å². The molecule has 1 nitrogen and oxygen atoms in total. The summed E-state index contributed by atoms with van der Waals surface area (Å²) < 4.78 is 7.54. The molecule has 0 aromatic heterocycles. The summed E-state index contributed by atoms with van der Waals surface area (Å²) >= 11 is 0. The van der Waals surface area contributed by atoms with E-state index in [0.29, 0.717) is 0 Å². The highest BCUT2D eigenvalue weighted by molar-refractivity contribution is 5.83. The Morgan fingerprint density at radius 3 is 1.76 bits per heavy atom. The molecule has 0 saturated heterocycles. The Morgan fingerprint density at radius 2 is 1.24 bits per heavy atom. The Labute approximate surface area is 108 Å². The van der Waals surface area contributed by atoms with Gasteiger partial charge in [0.05, 0.1) is 1.37 Å². The topological polar surface area (TPSA) is 20.2 Å². The van der Waals surface area contributed by atoms with Crippen LogP contribution >= 0.6 is 0 Å². The van der Waals surface area contributed by atoms with Crippen LogP contribution in [0.3, 0.4) is 0 Å². The van der Waals surface area contributed by atoms with Crippen molar-refractivity contribution in [2.45, 2.75) is 41.5 Å². The van der Waals surface area contributed by atoms with Crippen molar-refractivity contribution in [2.24, 2.45) is 0 Å². The summed E-state index contributed by atoms with van der Waals surface area (Å²) in [6.45, 7) is 12.0. The van der Waals surface area contributed by atoms with E-state index in [2.05, 4.69) is 0 Å². The first-order valence-electron chi connectivity index (χ1n) is 6.96. The van der Waals surface area contributed by atoms with Crippen LogP contribution in [0.2, 0.25) is 0 Å². The lowest BCUT2D eigenvalue weighted by Crippen LogP contribution is -1.69. The van der Waals surface area contributed by atoms with Crippen molar-refractivity contribution in [3.05, 3.63) is 42.4 Å². The molecule has 0 aliphatic carbocycles. The maximum atomic E-state index is 9.23. The van der Waals surface area contributed by atoms with Crippen molar-refractivity contribution in [1.29, 1.82) is 0 Å². The monoisotopic (exact) mass is 235 g/mol. The van der Waals surface area contributed by atoms with Gasteiger partial charge in [0.15, 0.2) is 0 Å². The van der Waals surface area contributed by atoms with E-state index in [1.54, 1.807) is 6.07 Å². The van der Waals surface area contributed by atoms with E-state index >= 15 is 0 Å². The SMILES string of the molecule is CC.CC.CC.[2H]c1c(O)ccc2ccccc12. The molecule has 0 fully saturated rings. The van der Waals surface area contributed by atoms with Crippen molar-refractivity contribution < 1.29 is 6.48 Å². The molecule has 0 unspecified atom stereocenters. The summed E-state index contributed by atoms with van der Waals surface area (Å²) in [7, 11) is 0. The maximum Gasteiger partial charge on any atom is 0.116 e. The summed E-state index contributed by atoms with van der Waals surface area (Å²) in [5.74, 6) is 0.0358. The molecule has 0 saturated carbocycles. The van der Waals surface area contributed by atoms with Gasteiger partial charge in [-0.25, -0.2) is 0 Å². The first kappa shape index (κ1) is 15.5. The predicted molar refractivity (Wildman–Crippen MR) is 79.7 cm³/mol. The van der Waals surface area contributed by atoms with Gasteiger partial charge in [-0.15, -0.1) is 0 Å². The minimum absolute atomic E-state index is 0.0358. The van der Waals surface area contributed by atoms with E-state index in [-0.39, 0.29) is 11.8 Å². The first-order valence-corrected chi connectivity index (χ1v) is 6.46. The van der Waals surface area contributed by atoms with Gasteiger partial charge in [0, 0.05) is 0 Å². The lowest BCUT2D eigenvalue weighted by molar-refractivity contribution is 0.476. The molecule has 2 aromatic carbocycles. The lowest BCUT2D eigenvalue weighted by atomic mass is 10.1. The smallest absolute Gasteiger partial charge is 0.116 e. The molecular formula is C16H26O. The molecule has 0 aliphatic heterocycles. The molecule has 0 aliphatic rings. The molecule has 0 spiro atoms. The number of hydrogen-bond acceptors (Lipinski definition) is 1. The quantitative estimate of drug-likeness (QED) is 0.628. The summed E-state index contributed by atoms with van der Waals surface area (Å²) in [5.41, 5.74) is 0. The van der Waals surface area contributed by atoms with Gasteiger partial charge in [-0.1, -0.05) is 71.9 Å². The molecular weight excluding hydrogens is 208 g/mol. The van der Waals surface area contributed by atoms with E-state index in [0.717, 1.165) is 10.8 Å². The largest absolute Gasteiger partial charge is 0.508 e. The van der Waals surface area contributed by atoms with Crippen molar-refractivity contribution in [3.63, 3.8) is 0 Å². The molecule has 0 radical (unpaired) electrons. The highest BCUT2D eigenvalue weighted by Crippen LogP contribution is 2.18. The third-order valence-electron chi connectivity index (χ3n) is 1.64. The van der Waals surface area contributed by atoms with Gasteiger partial charge in [0.2, 0.25) is 0 Å². The molecule has 17 heavy (non-hydrogen) atoms. The highest BCUT2D eigenvalue weighted by atomic mass is 16.3. The Hall–Kier alpha value is -1.50. The van der Waals surface area contributed by atoms with Crippen LogP contribution in [-0.4, -0.2) is 5.11 Å². The Bertz CT molecular complexity index is 424. The van der Waals surface area contributed by atoms with Gasteiger partial charge >= 0.3 is 0 Å². The molecule has 2 aromatic rings. The molecule has 0 bridgehead atoms. The second-order valence-electron chi connectivity index (χ2n) is 2.43. The van der Waals surface area contributed by atoms with Crippen LogP contribution in [-0.2, 0) is 0 Å². The highest BCUT2D eigenvalue weighted by Gasteiger charge is 1.91. The predicted octanol–water partition coefficient (Wildman–Crippen LogP) is 5.62. The normalized spacial score (nSPS) is 8.47. The summed E-state index contributed by atoms with van der Waals surface area (Å²) in [6, 6.07) is 11.1. The van der Waals surface area contributed by atoms with Crippen LogP contribution in [0, 0.1) is 0 Å². The van der Waals surface area contributed by atoms with E-state index in [9.17, 15) is 5.11 Å². The van der Waals surface area contributed by atoms with E-state index in [1.165, 1.54) is 0 Å². The standard InChI is InChI=1S/C10H8O.3C2H6/c11-10-6-5-8-3-1-2-4-9(8)7-10;3*1-2/h1-7,11H;3*1-2H3/i7D;;;. The molecule has 0 atom stereocenters. The fourth-order valence-corrected chi connectivity index (χ4v) is 1.10. The van der Waals surface area contributed by atoms with Crippen molar-refractivity contribution in [2.75, 3.05) is 0 Å². The first-order chi connectivity index (χ1) is 8.79. The van der Waals surface area contributed by atoms with Crippen LogP contribution in [0.4, 0.5) is 0 Å². The van der Waals surface area contributed by atoms with Gasteiger partial charge < -0.3 is 5.11 Å². The number of phenols is 1. The Morgan fingerprint density at radius 1 is 0.765 bits per heavy atom. The van der Waals surface area contributed by atoms with Crippen LogP contribution in [0.25, 0.3) is 10.8 Å². The lowest BCUT2D eigenvalue weighted by Gasteiger charge is -1.96. The fourth-order valence-electron chi connectivity index (χ4n) is 1.10. The third-order valence-corrected chi connectivity index (χ3v) is 1.64. The van der Waals surface area contributed by atoms with E-state index < -0.39 is 0 Å². The van der Waals surface area contributed by atoms with Gasteiger partial charge in [-0.2, -0.15) is 0 Å². The number of rotatable bonds is 0. The number of fused-ring (bicyclic) bond motifs is 1. The summed E-state index contributed by atoms with van der Waals surface area (Å²) in [4.78, 5) is 0. The summed E-state index contributed by atoms with van der Waals surface area (Å²) in [6.07, 6.45) is 0. The number of aromatic hydroxyl groups is 1. The number of benzene rings is 2. The van der Waals surface area contributed by atoms with Gasteiger partial charge in [-0.05, 0) is 22.9 Å². The van der Waals surface area contributed by atoms with E-state index in [1.807, 2.05) is 71.9 Å². The zero-order chi connectivity index (χ0) is 14.6. The van der Waals surface area contributed by atoms with Gasteiger partial charge in [0.25, 0.3) is 0 Å². The minimum Gasteiger partial charge on any atom is -0.508 e. The van der Waals surface area contributed by atoms with E-state index in [4.69, 9.17) is 1.37 Å². The zero-order valence-corrected chi connectivity index (χ0v) is 11.9. The van der Waals surface area contributed by atoms with Crippen LogP contribution in [0.15, 0.2) is 42.4 Å². The van der Waals surface area contributed by atoms with Crippen molar-refractivity contribution >= 4 is 10.8 Å². The Kier molecular flexibility index (Phi) is 11.5. The molecule has 2 rings (SSSR count). The van der Waals surface area contributed by atoms with Crippen molar-refractivity contribution in [1.82, 2.24) is 0 Å². The van der Waals surface area contributed by atoms with Crippen LogP contribution in [0.5, 0.6) is 5.75 Å². The van der Waals surface area contributed by atoms with Crippen LogP contribution < -0.4 is 0 Å². The maximum absolute atomic E-state index is 9.23. The summed E-state index contributed by atoms with van der Waals surface area (Å²) in [5, 5.41) is 11.0. The van der Waals surface area contributed by atoms with Gasteiger partial charge in [-0.3, -0.25) is 0 Å². The molecule has 0 heterocycles. The Balaban J connectivity index is 0. The molecule has 1 heteroatoms.